The fourth-order valence-electron chi connectivity index (χ4n) is 3.49. The number of benzene rings is 2. The summed E-state index contributed by atoms with van der Waals surface area (Å²) in [7, 11) is 1.64. The van der Waals surface area contributed by atoms with Gasteiger partial charge in [0.15, 0.2) is 16.5 Å². The van der Waals surface area contributed by atoms with Crippen LogP contribution in [-0.2, 0) is 16.6 Å². The van der Waals surface area contributed by atoms with Crippen LogP contribution in [0.1, 0.15) is 38.6 Å². The number of nitrogens with zero attached hydrogens (tertiary/aromatic N) is 1. The maximum Gasteiger partial charge on any atom is 0.314 e. The molecule has 5 rings (SSSR count). The lowest BCUT2D eigenvalue weighted by Crippen LogP contribution is -2.19. The highest BCUT2D eigenvalue weighted by Crippen LogP contribution is 2.50. The Morgan fingerprint density at radius 1 is 1.19 bits per heavy atom. The van der Waals surface area contributed by atoms with Gasteiger partial charge in [0.1, 0.15) is 5.75 Å². The minimum absolute atomic E-state index is 0.221. The van der Waals surface area contributed by atoms with E-state index in [1.165, 1.54) is 11.3 Å². The molecule has 0 unspecified atom stereocenters. The van der Waals surface area contributed by atoms with Crippen LogP contribution >= 0.6 is 11.3 Å². The molecule has 1 aliphatic carbocycles. The van der Waals surface area contributed by atoms with Gasteiger partial charge in [0, 0.05) is 17.5 Å². The summed E-state index contributed by atoms with van der Waals surface area (Å²) in [6.45, 7) is 0.221. The molecule has 2 aliphatic rings. The van der Waals surface area contributed by atoms with Crippen LogP contribution < -0.4 is 19.9 Å². The number of para-hydroxylation sites is 1. The molecule has 0 radical (unpaired) electrons. The van der Waals surface area contributed by atoms with Gasteiger partial charge in [-0.1, -0.05) is 24.3 Å². The first-order valence-electron chi connectivity index (χ1n) is 9.93. The Morgan fingerprint density at radius 2 is 1.94 bits per heavy atom. The zero-order valence-corrected chi connectivity index (χ0v) is 18.2. The number of fused-ring (bicyclic) bond motifs is 1. The van der Waals surface area contributed by atoms with Crippen LogP contribution in [0.3, 0.4) is 0 Å². The van der Waals surface area contributed by atoms with Gasteiger partial charge in [0.2, 0.25) is 6.79 Å². The average Bonchev–Trinajstić information content (AvgIpc) is 3.25. The molecule has 1 saturated carbocycles. The number of carbonyl (C=O) groups excluding carboxylic acids is 1. The molecule has 2 aromatic carbocycles. The number of ether oxygens (including phenoxy) is 3. The highest BCUT2D eigenvalue weighted by molar-refractivity contribution is 7.13. The molecule has 0 spiro atoms. The Bertz CT molecular complexity index is 1150. The van der Waals surface area contributed by atoms with Crippen LogP contribution in [0, 0.1) is 0 Å². The molecule has 3 aromatic rings. The van der Waals surface area contributed by atoms with Crippen LogP contribution in [-0.4, -0.2) is 35.9 Å². The first-order chi connectivity index (χ1) is 15.4. The molecule has 0 bridgehead atoms. The maximum atomic E-state index is 11.1. The van der Waals surface area contributed by atoms with Crippen molar-refractivity contribution in [1.29, 1.82) is 0 Å². The van der Waals surface area contributed by atoms with Gasteiger partial charge in [-0.3, -0.25) is 9.59 Å². The third-order valence-electron chi connectivity index (χ3n) is 5.41. The molecule has 1 fully saturated rings. The SMILES string of the molecule is COc1ccccc1Cc1cnc(C(N)=O)s1.O=C(O)C1(c2ccc3c(c2)OCO3)CC1. The van der Waals surface area contributed by atoms with E-state index >= 15 is 0 Å². The molecule has 9 heteroatoms. The van der Waals surface area contributed by atoms with E-state index in [1.54, 1.807) is 25.4 Å². The first kappa shape index (κ1) is 21.6. The van der Waals surface area contributed by atoms with Crippen molar-refractivity contribution < 1.29 is 28.9 Å². The molecule has 1 amide bonds. The van der Waals surface area contributed by atoms with E-state index in [0.29, 0.717) is 35.8 Å². The number of amides is 1. The number of hydrogen-bond acceptors (Lipinski definition) is 7. The molecule has 32 heavy (non-hydrogen) atoms. The molecular weight excluding hydrogens is 432 g/mol. The standard InChI is InChI=1S/C12H12N2O2S.C11H10O4/c1-16-10-5-3-2-4-8(10)6-9-7-14-12(17-9)11(13)15;12-10(13)11(3-4-11)7-1-2-8-9(5-7)15-6-14-8/h2-5,7H,6H2,1H3,(H2,13,15);1-2,5H,3-4,6H2,(H,12,13). The molecule has 0 atom stereocenters. The molecule has 8 nitrogen and oxygen atoms in total. The number of carbonyl (C=O) groups is 2. The summed E-state index contributed by atoms with van der Waals surface area (Å²) in [6, 6.07) is 13.1. The van der Waals surface area contributed by atoms with Crippen molar-refractivity contribution in [2.75, 3.05) is 13.9 Å². The highest BCUT2D eigenvalue weighted by Gasteiger charge is 2.52. The van der Waals surface area contributed by atoms with Crippen molar-refractivity contribution in [1.82, 2.24) is 4.98 Å². The Hall–Kier alpha value is -3.59. The van der Waals surface area contributed by atoms with Crippen LogP contribution in [0.2, 0.25) is 0 Å². The predicted octanol–water partition coefficient (Wildman–Crippen LogP) is 3.37. The second-order valence-electron chi connectivity index (χ2n) is 7.44. The fourth-order valence-corrected chi connectivity index (χ4v) is 4.27. The third-order valence-corrected chi connectivity index (χ3v) is 6.42. The van der Waals surface area contributed by atoms with E-state index < -0.39 is 17.3 Å². The monoisotopic (exact) mass is 454 g/mol. The van der Waals surface area contributed by atoms with Crippen molar-refractivity contribution in [3.8, 4) is 17.2 Å². The van der Waals surface area contributed by atoms with E-state index in [2.05, 4.69) is 4.98 Å². The Kier molecular flexibility index (Phi) is 6.00. The van der Waals surface area contributed by atoms with E-state index in [1.807, 2.05) is 30.3 Å². The number of carboxylic acids is 1. The number of nitrogens with two attached hydrogens (primary N) is 1. The van der Waals surface area contributed by atoms with Gasteiger partial charge in [-0.2, -0.15) is 0 Å². The molecular formula is C23H22N2O6S. The van der Waals surface area contributed by atoms with Gasteiger partial charge in [-0.15, -0.1) is 11.3 Å². The Labute approximate surface area is 188 Å². The summed E-state index contributed by atoms with van der Waals surface area (Å²) < 4.78 is 15.7. The topological polar surface area (TPSA) is 121 Å². The number of carboxylic acid groups (broad SMARTS) is 1. The maximum absolute atomic E-state index is 11.1. The van der Waals surface area contributed by atoms with Crippen molar-refractivity contribution in [2.24, 2.45) is 5.73 Å². The second-order valence-corrected chi connectivity index (χ2v) is 8.56. The number of aromatic nitrogens is 1. The molecule has 3 N–H and O–H groups in total. The summed E-state index contributed by atoms with van der Waals surface area (Å²) >= 11 is 1.31. The zero-order valence-electron chi connectivity index (χ0n) is 17.4. The summed E-state index contributed by atoms with van der Waals surface area (Å²) in [6.07, 6.45) is 3.79. The first-order valence-corrected chi connectivity index (χ1v) is 10.7. The van der Waals surface area contributed by atoms with Gasteiger partial charge in [-0.05, 0) is 42.2 Å². The van der Waals surface area contributed by atoms with Crippen LogP contribution in [0.5, 0.6) is 17.2 Å². The van der Waals surface area contributed by atoms with Gasteiger partial charge < -0.3 is 25.1 Å². The fraction of sp³-hybridized carbons (Fsp3) is 0.261. The molecule has 166 valence electrons. The number of primary amides is 1. The normalized spacial score (nSPS) is 14.8. The van der Waals surface area contributed by atoms with Crippen molar-refractivity contribution in [3.63, 3.8) is 0 Å². The van der Waals surface area contributed by atoms with Gasteiger partial charge in [-0.25, -0.2) is 4.98 Å². The number of methoxy groups -OCH3 is 1. The van der Waals surface area contributed by atoms with Gasteiger partial charge >= 0.3 is 5.97 Å². The van der Waals surface area contributed by atoms with Crippen LogP contribution in [0.25, 0.3) is 0 Å². The smallest absolute Gasteiger partial charge is 0.314 e. The van der Waals surface area contributed by atoms with E-state index in [9.17, 15) is 9.59 Å². The molecule has 1 aliphatic heterocycles. The Morgan fingerprint density at radius 3 is 2.59 bits per heavy atom. The third kappa shape index (κ3) is 4.38. The quantitative estimate of drug-likeness (QED) is 0.586. The van der Waals surface area contributed by atoms with Crippen LogP contribution in [0.4, 0.5) is 0 Å². The van der Waals surface area contributed by atoms with E-state index in [4.69, 9.17) is 25.1 Å². The molecule has 0 saturated heterocycles. The molecule has 1 aromatic heterocycles. The lowest BCUT2D eigenvalue weighted by Gasteiger charge is -2.10. The highest BCUT2D eigenvalue weighted by atomic mass is 32.1. The lowest BCUT2D eigenvalue weighted by atomic mass is 9.96. The number of hydrogen-bond donors (Lipinski definition) is 2. The van der Waals surface area contributed by atoms with E-state index in [-0.39, 0.29) is 6.79 Å². The van der Waals surface area contributed by atoms with Crippen molar-refractivity contribution >= 4 is 23.2 Å². The van der Waals surface area contributed by atoms with Crippen molar-refractivity contribution in [3.05, 3.63) is 69.7 Å². The Balaban J connectivity index is 0.000000154. The summed E-state index contributed by atoms with van der Waals surface area (Å²) in [5, 5.41) is 9.48. The number of aliphatic carboxylic acids is 1. The van der Waals surface area contributed by atoms with Crippen molar-refractivity contribution in [2.45, 2.75) is 24.7 Å². The summed E-state index contributed by atoms with van der Waals surface area (Å²) in [5.74, 6) is 0.948. The predicted molar refractivity (Wildman–Crippen MR) is 118 cm³/mol. The van der Waals surface area contributed by atoms with Gasteiger partial charge in [0.25, 0.3) is 5.91 Å². The number of rotatable bonds is 6. The van der Waals surface area contributed by atoms with E-state index in [0.717, 1.165) is 21.8 Å². The van der Waals surface area contributed by atoms with Gasteiger partial charge in [0.05, 0.1) is 12.5 Å². The zero-order chi connectivity index (χ0) is 22.7. The second kappa shape index (κ2) is 8.88. The lowest BCUT2D eigenvalue weighted by molar-refractivity contribution is -0.140. The average molecular weight is 455 g/mol. The minimum Gasteiger partial charge on any atom is -0.496 e. The number of thiazole rings is 1. The minimum atomic E-state index is -0.749. The largest absolute Gasteiger partial charge is 0.496 e. The van der Waals surface area contributed by atoms with Crippen LogP contribution in [0.15, 0.2) is 48.7 Å². The summed E-state index contributed by atoms with van der Waals surface area (Å²) in [4.78, 5) is 27.0. The molecule has 2 heterocycles. The summed E-state index contributed by atoms with van der Waals surface area (Å²) in [5.41, 5.74) is 6.38.